The van der Waals surface area contributed by atoms with Crippen LogP contribution in [-0.2, 0) is 5.11 Å². The van der Waals surface area contributed by atoms with E-state index in [1.165, 1.54) is 0 Å². The Labute approximate surface area is 75.0 Å². The third-order valence-corrected chi connectivity index (χ3v) is 1.83. The van der Waals surface area contributed by atoms with Gasteiger partial charge in [0.2, 0.25) is 0 Å². The number of halogens is 1. The fraction of sp³-hybridized carbons (Fsp3) is 0.125. The summed E-state index contributed by atoms with van der Waals surface area (Å²) in [6.45, 7) is 1.79. The molecule has 0 saturated heterocycles. The van der Waals surface area contributed by atoms with E-state index >= 15 is 0 Å². The fourth-order valence-corrected chi connectivity index (χ4v) is 0.958. The molecular weight excluding hydrogens is 178 g/mol. The lowest BCUT2D eigenvalue weighted by Gasteiger charge is -2.01. The van der Waals surface area contributed by atoms with Gasteiger partial charge in [-0.2, -0.15) is 0 Å². The molecular formula is C8H7ClNO2. The second-order valence-corrected chi connectivity index (χ2v) is 2.78. The molecule has 0 bridgehead atoms. The second-order valence-electron chi connectivity index (χ2n) is 2.38. The zero-order valence-corrected chi connectivity index (χ0v) is 7.18. The summed E-state index contributed by atoms with van der Waals surface area (Å²) in [5.41, 5.74) is 1.29. The molecule has 0 unspecified atom stereocenters. The number of anilines is 1. The van der Waals surface area contributed by atoms with Crippen LogP contribution in [0.3, 0.4) is 0 Å². The highest BCUT2D eigenvalue weighted by molar-refractivity contribution is 6.31. The maximum Gasteiger partial charge on any atom is 0.454 e. The van der Waals surface area contributed by atoms with Crippen molar-refractivity contribution in [2.24, 2.45) is 0 Å². The summed E-state index contributed by atoms with van der Waals surface area (Å²) in [6, 6.07) is 4.84. The van der Waals surface area contributed by atoms with Crippen molar-refractivity contribution in [2.45, 2.75) is 6.92 Å². The SMILES string of the molecule is Cc1cc(NC([O])=O)ccc1Cl. The van der Waals surface area contributed by atoms with Crippen molar-refractivity contribution in [1.29, 1.82) is 0 Å². The zero-order valence-electron chi connectivity index (χ0n) is 6.43. The molecule has 0 aliphatic rings. The van der Waals surface area contributed by atoms with E-state index in [0.29, 0.717) is 10.7 Å². The van der Waals surface area contributed by atoms with Crippen LogP contribution in [-0.4, -0.2) is 6.09 Å². The zero-order chi connectivity index (χ0) is 9.14. The van der Waals surface area contributed by atoms with Gasteiger partial charge >= 0.3 is 6.09 Å². The summed E-state index contributed by atoms with van der Waals surface area (Å²) in [6.07, 6.45) is -1.32. The maximum absolute atomic E-state index is 10.1. The van der Waals surface area contributed by atoms with Gasteiger partial charge in [-0.25, -0.2) is 9.90 Å². The van der Waals surface area contributed by atoms with E-state index in [4.69, 9.17) is 11.6 Å². The number of rotatable bonds is 1. The Bertz CT molecular complexity index is 312. The van der Waals surface area contributed by atoms with Crippen molar-refractivity contribution >= 4 is 23.4 Å². The summed E-state index contributed by atoms with van der Waals surface area (Å²) < 4.78 is 0. The van der Waals surface area contributed by atoms with E-state index in [1.54, 1.807) is 25.1 Å². The summed E-state index contributed by atoms with van der Waals surface area (Å²) in [5.74, 6) is 0. The Morgan fingerprint density at radius 2 is 2.17 bits per heavy atom. The van der Waals surface area contributed by atoms with Gasteiger partial charge in [0.25, 0.3) is 0 Å². The average Bonchev–Trinajstić information content (AvgIpc) is 1.96. The maximum atomic E-state index is 10.1. The molecule has 1 rings (SSSR count). The van der Waals surface area contributed by atoms with Crippen molar-refractivity contribution < 1.29 is 9.90 Å². The molecule has 0 atom stereocenters. The first-order valence-electron chi connectivity index (χ1n) is 3.34. The van der Waals surface area contributed by atoms with Crippen molar-refractivity contribution in [2.75, 3.05) is 5.32 Å². The highest BCUT2D eigenvalue weighted by Crippen LogP contribution is 2.19. The number of hydrogen-bond acceptors (Lipinski definition) is 1. The van der Waals surface area contributed by atoms with E-state index in [9.17, 15) is 9.90 Å². The van der Waals surface area contributed by atoms with Crippen LogP contribution in [0, 0.1) is 6.92 Å². The Morgan fingerprint density at radius 3 is 2.67 bits per heavy atom. The molecule has 0 saturated carbocycles. The number of hydrogen-bond donors (Lipinski definition) is 1. The molecule has 1 radical (unpaired) electrons. The highest BCUT2D eigenvalue weighted by atomic mass is 35.5. The number of benzene rings is 1. The Morgan fingerprint density at radius 1 is 1.50 bits per heavy atom. The van der Waals surface area contributed by atoms with Crippen LogP contribution in [0.4, 0.5) is 10.5 Å². The third kappa shape index (κ3) is 2.13. The van der Waals surface area contributed by atoms with E-state index in [1.807, 2.05) is 0 Å². The van der Waals surface area contributed by atoms with Gasteiger partial charge in [-0.1, -0.05) is 11.6 Å². The van der Waals surface area contributed by atoms with Gasteiger partial charge in [0, 0.05) is 10.7 Å². The van der Waals surface area contributed by atoms with Gasteiger partial charge in [0.1, 0.15) is 0 Å². The van der Waals surface area contributed by atoms with Gasteiger partial charge in [-0.05, 0) is 30.7 Å². The molecule has 4 heteroatoms. The number of carbonyl (C=O) groups excluding carboxylic acids is 1. The van der Waals surface area contributed by atoms with Crippen LogP contribution in [0.15, 0.2) is 18.2 Å². The van der Waals surface area contributed by atoms with Crippen LogP contribution >= 0.6 is 11.6 Å². The Hall–Kier alpha value is -1.22. The standard InChI is InChI=1S/C8H7ClNO2/c1-5-4-6(10-8(11)12)2-3-7(5)9/h2-4,10H,1H3. The molecule has 12 heavy (non-hydrogen) atoms. The number of aryl methyl sites for hydroxylation is 1. The topological polar surface area (TPSA) is 49.0 Å². The minimum absolute atomic E-state index is 0.469. The van der Waals surface area contributed by atoms with E-state index in [2.05, 4.69) is 5.32 Å². The average molecular weight is 185 g/mol. The Balaban J connectivity index is 2.89. The van der Waals surface area contributed by atoms with Crippen molar-refractivity contribution in [3.05, 3.63) is 28.8 Å². The molecule has 0 aliphatic carbocycles. The monoisotopic (exact) mass is 184 g/mol. The largest absolute Gasteiger partial charge is 0.454 e. The number of carbonyl (C=O) groups is 1. The van der Waals surface area contributed by atoms with E-state index < -0.39 is 6.09 Å². The summed E-state index contributed by atoms with van der Waals surface area (Å²) >= 11 is 5.73. The van der Waals surface area contributed by atoms with Crippen LogP contribution in [0.1, 0.15) is 5.56 Å². The minimum atomic E-state index is -1.32. The van der Waals surface area contributed by atoms with E-state index in [0.717, 1.165) is 5.56 Å². The molecule has 0 heterocycles. The molecule has 63 valence electrons. The molecule has 1 amide bonds. The molecule has 0 spiro atoms. The molecule has 1 aromatic rings. The van der Waals surface area contributed by atoms with Gasteiger partial charge in [-0.3, -0.25) is 5.32 Å². The van der Waals surface area contributed by atoms with Crippen molar-refractivity contribution in [3.8, 4) is 0 Å². The first-order chi connectivity index (χ1) is 5.59. The molecule has 0 aliphatic heterocycles. The van der Waals surface area contributed by atoms with Crippen molar-refractivity contribution in [1.82, 2.24) is 0 Å². The number of amides is 1. The predicted octanol–water partition coefficient (Wildman–Crippen LogP) is 2.61. The van der Waals surface area contributed by atoms with Gasteiger partial charge in [-0.15, -0.1) is 0 Å². The molecule has 1 aromatic carbocycles. The summed E-state index contributed by atoms with van der Waals surface area (Å²) in [4.78, 5) is 10.1. The smallest absolute Gasteiger partial charge is 0.288 e. The van der Waals surface area contributed by atoms with Gasteiger partial charge in [0.05, 0.1) is 0 Å². The molecule has 0 fully saturated rings. The first-order valence-corrected chi connectivity index (χ1v) is 3.71. The van der Waals surface area contributed by atoms with E-state index in [-0.39, 0.29) is 0 Å². The normalized spacial score (nSPS) is 9.50. The molecule has 0 aromatic heterocycles. The van der Waals surface area contributed by atoms with Gasteiger partial charge in [0.15, 0.2) is 0 Å². The van der Waals surface area contributed by atoms with Crippen molar-refractivity contribution in [3.63, 3.8) is 0 Å². The van der Waals surface area contributed by atoms with Crippen LogP contribution in [0.25, 0.3) is 0 Å². The lowest BCUT2D eigenvalue weighted by Crippen LogP contribution is -2.05. The quantitative estimate of drug-likeness (QED) is 0.717. The lowest BCUT2D eigenvalue weighted by molar-refractivity contribution is 0.185. The van der Waals surface area contributed by atoms with Gasteiger partial charge < -0.3 is 0 Å². The highest BCUT2D eigenvalue weighted by Gasteiger charge is 2.01. The summed E-state index contributed by atoms with van der Waals surface area (Å²) in [7, 11) is 0. The lowest BCUT2D eigenvalue weighted by atomic mass is 10.2. The fourth-order valence-electron chi connectivity index (χ4n) is 0.840. The number of nitrogens with one attached hydrogen (secondary N) is 1. The molecule has 1 N–H and O–H groups in total. The second kappa shape index (κ2) is 3.45. The van der Waals surface area contributed by atoms with Crippen LogP contribution < -0.4 is 5.32 Å². The third-order valence-electron chi connectivity index (χ3n) is 1.40. The summed E-state index contributed by atoms with van der Waals surface area (Å²) in [5, 5.41) is 12.8. The minimum Gasteiger partial charge on any atom is -0.288 e. The first kappa shape index (κ1) is 8.87. The molecule has 3 nitrogen and oxygen atoms in total. The van der Waals surface area contributed by atoms with Crippen LogP contribution in [0.5, 0.6) is 0 Å². The van der Waals surface area contributed by atoms with Crippen LogP contribution in [0.2, 0.25) is 5.02 Å². The Kier molecular flexibility index (Phi) is 2.55. The predicted molar refractivity (Wildman–Crippen MR) is 45.9 cm³/mol.